The number of aliphatic hydroxyl groups is 1. The summed E-state index contributed by atoms with van der Waals surface area (Å²) in [4.78, 5) is 11.5. The standard InChI is InChI=1S/C13H14N2O3/c1-15-12(7-11(8-16)14-15)9-4-3-5-10(6-9)13(17)18-2/h3-7,16H,8H2,1-2H3. The molecule has 5 heteroatoms. The van der Waals surface area contributed by atoms with E-state index in [2.05, 4.69) is 9.84 Å². The lowest BCUT2D eigenvalue weighted by atomic mass is 10.1. The molecule has 2 aromatic rings. The molecule has 0 unspecified atom stereocenters. The predicted molar refractivity (Wildman–Crippen MR) is 65.9 cm³/mol. The van der Waals surface area contributed by atoms with Crippen LogP contribution in [0.1, 0.15) is 16.1 Å². The molecule has 0 amide bonds. The first-order valence-electron chi connectivity index (χ1n) is 5.48. The van der Waals surface area contributed by atoms with Crippen LogP contribution in [0, 0.1) is 0 Å². The zero-order valence-corrected chi connectivity index (χ0v) is 10.3. The molecule has 1 heterocycles. The van der Waals surface area contributed by atoms with Crippen LogP contribution >= 0.6 is 0 Å². The number of aliphatic hydroxyl groups excluding tert-OH is 1. The molecule has 0 aliphatic carbocycles. The molecule has 0 atom stereocenters. The molecule has 1 aromatic carbocycles. The van der Waals surface area contributed by atoms with Crippen LogP contribution in [0.25, 0.3) is 11.3 Å². The second kappa shape index (κ2) is 5.01. The van der Waals surface area contributed by atoms with Crippen LogP contribution in [0.15, 0.2) is 30.3 Å². The number of methoxy groups -OCH3 is 1. The monoisotopic (exact) mass is 246 g/mol. The average molecular weight is 246 g/mol. The highest BCUT2D eigenvalue weighted by Crippen LogP contribution is 2.21. The summed E-state index contributed by atoms with van der Waals surface area (Å²) in [6.07, 6.45) is 0. The second-order valence-electron chi connectivity index (χ2n) is 3.88. The summed E-state index contributed by atoms with van der Waals surface area (Å²) in [5.74, 6) is -0.374. The summed E-state index contributed by atoms with van der Waals surface area (Å²) in [6.45, 7) is -0.107. The minimum absolute atomic E-state index is 0.107. The summed E-state index contributed by atoms with van der Waals surface area (Å²) < 4.78 is 6.35. The summed E-state index contributed by atoms with van der Waals surface area (Å²) in [7, 11) is 3.14. The van der Waals surface area contributed by atoms with Crippen LogP contribution < -0.4 is 0 Å². The Morgan fingerprint density at radius 1 is 1.44 bits per heavy atom. The van der Waals surface area contributed by atoms with E-state index in [1.807, 2.05) is 6.07 Å². The van der Waals surface area contributed by atoms with Crippen molar-refractivity contribution < 1.29 is 14.6 Å². The van der Waals surface area contributed by atoms with Crippen molar-refractivity contribution in [2.24, 2.45) is 7.05 Å². The van der Waals surface area contributed by atoms with E-state index in [1.54, 1.807) is 36.0 Å². The number of benzene rings is 1. The molecule has 0 aliphatic rings. The molecule has 0 fully saturated rings. The number of hydrogen-bond acceptors (Lipinski definition) is 4. The number of aryl methyl sites for hydroxylation is 1. The molecule has 2 rings (SSSR count). The molecule has 0 spiro atoms. The van der Waals surface area contributed by atoms with Crippen LogP contribution in [0.3, 0.4) is 0 Å². The minimum atomic E-state index is -0.374. The first kappa shape index (κ1) is 12.3. The van der Waals surface area contributed by atoms with Gasteiger partial charge in [-0.1, -0.05) is 12.1 Å². The third-order valence-electron chi connectivity index (χ3n) is 2.67. The molecule has 1 aromatic heterocycles. The molecule has 0 saturated carbocycles. The van der Waals surface area contributed by atoms with Gasteiger partial charge >= 0.3 is 5.97 Å². The highest BCUT2D eigenvalue weighted by molar-refractivity contribution is 5.90. The van der Waals surface area contributed by atoms with Crippen LogP contribution in [-0.4, -0.2) is 28.0 Å². The van der Waals surface area contributed by atoms with Crippen molar-refractivity contribution in [2.45, 2.75) is 6.61 Å². The SMILES string of the molecule is COC(=O)c1cccc(-c2cc(CO)nn2C)c1. The third kappa shape index (κ3) is 2.26. The summed E-state index contributed by atoms with van der Waals surface area (Å²) in [5, 5.41) is 13.2. The van der Waals surface area contributed by atoms with Gasteiger partial charge in [-0.15, -0.1) is 0 Å². The van der Waals surface area contributed by atoms with Gasteiger partial charge in [0.2, 0.25) is 0 Å². The highest BCUT2D eigenvalue weighted by atomic mass is 16.5. The molecule has 0 saturated heterocycles. The predicted octanol–water partition coefficient (Wildman–Crippen LogP) is 1.37. The van der Waals surface area contributed by atoms with Gasteiger partial charge in [-0.3, -0.25) is 4.68 Å². The van der Waals surface area contributed by atoms with Crippen molar-refractivity contribution in [1.82, 2.24) is 9.78 Å². The smallest absolute Gasteiger partial charge is 0.337 e. The Morgan fingerprint density at radius 2 is 2.22 bits per heavy atom. The fourth-order valence-electron chi connectivity index (χ4n) is 1.80. The molecule has 0 radical (unpaired) electrons. The fourth-order valence-corrected chi connectivity index (χ4v) is 1.80. The maximum absolute atomic E-state index is 11.5. The number of ether oxygens (including phenoxy) is 1. The van der Waals surface area contributed by atoms with Gasteiger partial charge in [-0.25, -0.2) is 4.79 Å². The Bertz CT molecular complexity index is 575. The van der Waals surface area contributed by atoms with E-state index in [0.29, 0.717) is 11.3 Å². The molecular weight excluding hydrogens is 232 g/mol. The summed E-state index contributed by atoms with van der Waals surface area (Å²) >= 11 is 0. The van der Waals surface area contributed by atoms with E-state index in [9.17, 15) is 4.79 Å². The normalized spacial score (nSPS) is 10.4. The topological polar surface area (TPSA) is 64.3 Å². The third-order valence-corrected chi connectivity index (χ3v) is 2.67. The molecule has 5 nitrogen and oxygen atoms in total. The Labute approximate surface area is 105 Å². The second-order valence-corrected chi connectivity index (χ2v) is 3.88. The van der Waals surface area contributed by atoms with Gasteiger partial charge in [0.1, 0.15) is 0 Å². The van der Waals surface area contributed by atoms with Crippen molar-refractivity contribution in [2.75, 3.05) is 7.11 Å². The number of hydrogen-bond donors (Lipinski definition) is 1. The van der Waals surface area contributed by atoms with Crippen LogP contribution in [0.2, 0.25) is 0 Å². The van der Waals surface area contributed by atoms with Crippen molar-refractivity contribution in [3.05, 3.63) is 41.6 Å². The van der Waals surface area contributed by atoms with Crippen molar-refractivity contribution in [3.8, 4) is 11.3 Å². The van der Waals surface area contributed by atoms with Gasteiger partial charge in [0.05, 0.1) is 30.7 Å². The number of rotatable bonds is 3. The lowest BCUT2D eigenvalue weighted by molar-refractivity contribution is 0.0601. The Hall–Kier alpha value is -2.14. The Kier molecular flexibility index (Phi) is 3.43. The van der Waals surface area contributed by atoms with Crippen LogP contribution in [-0.2, 0) is 18.4 Å². The van der Waals surface area contributed by atoms with Crippen molar-refractivity contribution in [1.29, 1.82) is 0 Å². The maximum atomic E-state index is 11.5. The highest BCUT2D eigenvalue weighted by Gasteiger charge is 2.10. The quantitative estimate of drug-likeness (QED) is 0.831. The van der Waals surface area contributed by atoms with E-state index in [1.165, 1.54) is 7.11 Å². The van der Waals surface area contributed by atoms with Crippen molar-refractivity contribution in [3.63, 3.8) is 0 Å². The van der Waals surface area contributed by atoms with E-state index < -0.39 is 0 Å². The number of esters is 1. The molecular formula is C13H14N2O3. The summed E-state index contributed by atoms with van der Waals surface area (Å²) in [5.41, 5.74) is 2.77. The number of nitrogens with zero attached hydrogens (tertiary/aromatic N) is 2. The zero-order valence-electron chi connectivity index (χ0n) is 10.3. The molecule has 18 heavy (non-hydrogen) atoms. The van der Waals surface area contributed by atoms with E-state index >= 15 is 0 Å². The molecule has 0 bridgehead atoms. The van der Waals surface area contributed by atoms with Gasteiger partial charge in [0, 0.05) is 12.6 Å². The minimum Gasteiger partial charge on any atom is -0.465 e. The average Bonchev–Trinajstić information content (AvgIpc) is 2.79. The van der Waals surface area contributed by atoms with Crippen LogP contribution in [0.5, 0.6) is 0 Å². The maximum Gasteiger partial charge on any atom is 0.337 e. The van der Waals surface area contributed by atoms with E-state index in [-0.39, 0.29) is 12.6 Å². The lowest BCUT2D eigenvalue weighted by Crippen LogP contribution is -2.01. The fraction of sp³-hybridized carbons (Fsp3) is 0.231. The van der Waals surface area contributed by atoms with Crippen molar-refractivity contribution >= 4 is 5.97 Å². The number of carbonyl (C=O) groups excluding carboxylic acids is 1. The first-order chi connectivity index (χ1) is 8.65. The summed E-state index contributed by atoms with van der Waals surface area (Å²) in [6, 6.07) is 8.89. The number of aromatic nitrogens is 2. The lowest BCUT2D eigenvalue weighted by Gasteiger charge is -2.04. The van der Waals surface area contributed by atoms with Gasteiger partial charge in [0.15, 0.2) is 0 Å². The zero-order chi connectivity index (χ0) is 13.1. The van der Waals surface area contributed by atoms with Crippen LogP contribution in [0.4, 0.5) is 0 Å². The first-order valence-corrected chi connectivity index (χ1v) is 5.48. The largest absolute Gasteiger partial charge is 0.465 e. The van der Waals surface area contributed by atoms with Gasteiger partial charge in [0.25, 0.3) is 0 Å². The molecule has 1 N–H and O–H groups in total. The molecule has 94 valence electrons. The Balaban J connectivity index is 2.44. The van der Waals surface area contributed by atoms with E-state index in [0.717, 1.165) is 11.3 Å². The van der Waals surface area contributed by atoms with E-state index in [4.69, 9.17) is 5.11 Å². The van der Waals surface area contributed by atoms with Gasteiger partial charge < -0.3 is 9.84 Å². The van der Waals surface area contributed by atoms with Gasteiger partial charge in [-0.2, -0.15) is 5.10 Å². The number of carbonyl (C=O) groups is 1. The van der Waals surface area contributed by atoms with Gasteiger partial charge in [-0.05, 0) is 18.2 Å². The molecule has 0 aliphatic heterocycles. The Morgan fingerprint density at radius 3 is 2.83 bits per heavy atom.